The van der Waals surface area contributed by atoms with E-state index < -0.39 is 12.7 Å². The minimum atomic E-state index is -4.19. The summed E-state index contributed by atoms with van der Waals surface area (Å²) in [5.41, 5.74) is 1.51. The zero-order chi connectivity index (χ0) is 14.5. The van der Waals surface area contributed by atoms with Crippen LogP contribution in [-0.2, 0) is 6.54 Å². The van der Waals surface area contributed by atoms with E-state index in [0.29, 0.717) is 5.69 Å². The smallest absolute Gasteiger partial charge is 0.385 e. The molecule has 0 spiro atoms. The second kappa shape index (κ2) is 6.75. The third-order valence-electron chi connectivity index (χ3n) is 2.68. The highest BCUT2D eigenvalue weighted by atomic mass is 19.4. The first kappa shape index (κ1) is 15.8. The number of alkyl halides is 3. The largest absolute Gasteiger partial charge is 0.401 e. The van der Waals surface area contributed by atoms with Crippen LogP contribution < -0.4 is 5.32 Å². The van der Waals surface area contributed by atoms with Gasteiger partial charge in [-0.25, -0.2) is 0 Å². The molecule has 0 bridgehead atoms. The van der Waals surface area contributed by atoms with Crippen molar-refractivity contribution in [2.75, 3.05) is 18.4 Å². The van der Waals surface area contributed by atoms with Crippen molar-refractivity contribution in [3.63, 3.8) is 0 Å². The molecule has 108 valence electrons. The highest BCUT2D eigenvalue weighted by Crippen LogP contribution is 2.20. The minimum absolute atomic E-state index is 0.189. The molecule has 1 aromatic heterocycles. The number of rotatable bonds is 6. The van der Waals surface area contributed by atoms with E-state index >= 15 is 0 Å². The van der Waals surface area contributed by atoms with Gasteiger partial charge in [0.15, 0.2) is 0 Å². The fourth-order valence-corrected chi connectivity index (χ4v) is 1.74. The van der Waals surface area contributed by atoms with Crippen LogP contribution in [0.1, 0.15) is 26.5 Å². The molecule has 0 fully saturated rings. The van der Waals surface area contributed by atoms with Crippen LogP contribution in [-0.4, -0.2) is 35.2 Å². The number of hydrogen-bond donors (Lipinski definition) is 1. The van der Waals surface area contributed by atoms with Crippen molar-refractivity contribution in [2.24, 2.45) is 0 Å². The standard InChI is InChI=1S/C13H20F3N3/c1-4-17-11-5-6-18-12(7-11)8-19(10(2)3)9-13(14,15)16/h5-7,10H,4,8-9H2,1-3H3,(H,17,18). The summed E-state index contributed by atoms with van der Waals surface area (Å²) >= 11 is 0. The van der Waals surface area contributed by atoms with Crippen LogP contribution in [0.3, 0.4) is 0 Å². The van der Waals surface area contributed by atoms with E-state index in [1.165, 1.54) is 4.90 Å². The highest BCUT2D eigenvalue weighted by Gasteiger charge is 2.31. The average Bonchev–Trinajstić information content (AvgIpc) is 2.27. The molecule has 1 heterocycles. The predicted octanol–water partition coefficient (Wildman–Crippen LogP) is 3.29. The predicted molar refractivity (Wildman–Crippen MR) is 70.0 cm³/mol. The van der Waals surface area contributed by atoms with Crippen LogP contribution in [0.5, 0.6) is 0 Å². The molecule has 0 radical (unpaired) electrons. The number of nitrogens with one attached hydrogen (secondary N) is 1. The summed E-state index contributed by atoms with van der Waals surface area (Å²) in [6.07, 6.45) is -2.58. The lowest BCUT2D eigenvalue weighted by Gasteiger charge is -2.27. The average molecular weight is 275 g/mol. The van der Waals surface area contributed by atoms with Crippen LogP contribution in [0.4, 0.5) is 18.9 Å². The molecule has 0 aliphatic rings. The second-order valence-electron chi connectivity index (χ2n) is 4.68. The van der Waals surface area contributed by atoms with Gasteiger partial charge < -0.3 is 5.32 Å². The molecule has 0 aromatic carbocycles. The summed E-state index contributed by atoms with van der Waals surface area (Å²) in [6, 6.07) is 3.40. The number of pyridine rings is 1. The monoisotopic (exact) mass is 275 g/mol. The molecule has 0 aliphatic carbocycles. The Labute approximate surface area is 111 Å². The van der Waals surface area contributed by atoms with Gasteiger partial charge in [0.05, 0.1) is 12.2 Å². The SMILES string of the molecule is CCNc1ccnc(CN(CC(F)(F)F)C(C)C)c1. The summed E-state index contributed by atoms with van der Waals surface area (Å²) in [7, 11) is 0. The first-order chi connectivity index (χ1) is 8.81. The molecule has 0 amide bonds. The Kier molecular flexibility index (Phi) is 5.60. The normalized spacial score (nSPS) is 12.2. The molecule has 3 nitrogen and oxygen atoms in total. The van der Waals surface area contributed by atoms with Gasteiger partial charge in [-0.3, -0.25) is 9.88 Å². The van der Waals surface area contributed by atoms with Crippen molar-refractivity contribution in [3.05, 3.63) is 24.0 Å². The Balaban J connectivity index is 2.76. The van der Waals surface area contributed by atoms with E-state index in [9.17, 15) is 13.2 Å². The summed E-state index contributed by atoms with van der Waals surface area (Å²) < 4.78 is 37.5. The Morgan fingerprint density at radius 3 is 2.58 bits per heavy atom. The van der Waals surface area contributed by atoms with E-state index in [0.717, 1.165) is 12.2 Å². The number of aromatic nitrogens is 1. The lowest BCUT2D eigenvalue weighted by Crippen LogP contribution is -2.38. The summed E-state index contributed by atoms with van der Waals surface area (Å²) in [5.74, 6) is 0. The molecule has 1 rings (SSSR count). The summed E-state index contributed by atoms with van der Waals surface area (Å²) in [6.45, 7) is 5.50. The third-order valence-corrected chi connectivity index (χ3v) is 2.68. The van der Waals surface area contributed by atoms with Gasteiger partial charge in [0.2, 0.25) is 0 Å². The first-order valence-electron chi connectivity index (χ1n) is 6.31. The molecule has 0 aliphatic heterocycles. The van der Waals surface area contributed by atoms with Crippen molar-refractivity contribution in [1.29, 1.82) is 0 Å². The Morgan fingerprint density at radius 1 is 1.37 bits per heavy atom. The lowest BCUT2D eigenvalue weighted by atomic mass is 10.2. The number of anilines is 1. The van der Waals surface area contributed by atoms with Gasteiger partial charge >= 0.3 is 6.18 Å². The Hall–Kier alpha value is -1.30. The molecule has 1 N–H and O–H groups in total. The van der Waals surface area contributed by atoms with Crippen molar-refractivity contribution in [1.82, 2.24) is 9.88 Å². The molecule has 1 aromatic rings. The highest BCUT2D eigenvalue weighted by molar-refractivity contribution is 5.42. The summed E-state index contributed by atoms with van der Waals surface area (Å²) in [5, 5.41) is 3.12. The molecular weight excluding hydrogens is 255 g/mol. The van der Waals surface area contributed by atoms with Crippen LogP contribution in [0.2, 0.25) is 0 Å². The Morgan fingerprint density at radius 2 is 2.05 bits per heavy atom. The quantitative estimate of drug-likeness (QED) is 0.863. The molecule has 0 unspecified atom stereocenters. The van der Waals surface area contributed by atoms with E-state index in [-0.39, 0.29) is 12.6 Å². The van der Waals surface area contributed by atoms with E-state index in [1.807, 2.05) is 6.92 Å². The minimum Gasteiger partial charge on any atom is -0.385 e. The van der Waals surface area contributed by atoms with Crippen molar-refractivity contribution in [3.8, 4) is 0 Å². The molecule has 19 heavy (non-hydrogen) atoms. The van der Waals surface area contributed by atoms with Crippen LogP contribution in [0.25, 0.3) is 0 Å². The molecule has 0 saturated heterocycles. The zero-order valence-electron chi connectivity index (χ0n) is 11.5. The van der Waals surface area contributed by atoms with Gasteiger partial charge in [-0.05, 0) is 32.9 Å². The lowest BCUT2D eigenvalue weighted by molar-refractivity contribution is -0.151. The zero-order valence-corrected chi connectivity index (χ0v) is 11.5. The second-order valence-corrected chi connectivity index (χ2v) is 4.68. The van der Waals surface area contributed by atoms with E-state index in [2.05, 4.69) is 10.3 Å². The van der Waals surface area contributed by atoms with Crippen LogP contribution >= 0.6 is 0 Å². The number of halogens is 3. The number of nitrogens with zero attached hydrogens (tertiary/aromatic N) is 2. The molecule has 6 heteroatoms. The van der Waals surface area contributed by atoms with Crippen LogP contribution in [0, 0.1) is 0 Å². The third kappa shape index (κ3) is 5.92. The van der Waals surface area contributed by atoms with Gasteiger partial charge in [-0.15, -0.1) is 0 Å². The maximum atomic E-state index is 12.5. The van der Waals surface area contributed by atoms with Crippen molar-refractivity contribution in [2.45, 2.75) is 39.5 Å². The van der Waals surface area contributed by atoms with Gasteiger partial charge in [0.25, 0.3) is 0 Å². The fourth-order valence-electron chi connectivity index (χ4n) is 1.74. The van der Waals surface area contributed by atoms with Crippen LogP contribution in [0.15, 0.2) is 18.3 Å². The van der Waals surface area contributed by atoms with Gasteiger partial charge in [-0.2, -0.15) is 13.2 Å². The van der Waals surface area contributed by atoms with Crippen molar-refractivity contribution >= 4 is 5.69 Å². The maximum absolute atomic E-state index is 12.5. The Bertz CT molecular complexity index is 391. The fraction of sp³-hybridized carbons (Fsp3) is 0.615. The van der Waals surface area contributed by atoms with E-state index in [4.69, 9.17) is 0 Å². The first-order valence-corrected chi connectivity index (χ1v) is 6.31. The topological polar surface area (TPSA) is 28.2 Å². The molecule has 0 atom stereocenters. The molecular formula is C13H20F3N3. The van der Waals surface area contributed by atoms with Crippen molar-refractivity contribution < 1.29 is 13.2 Å². The maximum Gasteiger partial charge on any atom is 0.401 e. The molecule has 0 saturated carbocycles. The van der Waals surface area contributed by atoms with Gasteiger partial charge in [0, 0.05) is 31.0 Å². The van der Waals surface area contributed by atoms with Gasteiger partial charge in [0.1, 0.15) is 0 Å². The van der Waals surface area contributed by atoms with Gasteiger partial charge in [-0.1, -0.05) is 0 Å². The number of hydrogen-bond acceptors (Lipinski definition) is 3. The summed E-state index contributed by atoms with van der Waals surface area (Å²) in [4.78, 5) is 5.48. The van der Waals surface area contributed by atoms with E-state index in [1.54, 1.807) is 32.2 Å².